The average Bonchev–Trinajstić information content (AvgIpc) is 2.29. The number of fused-ring (bicyclic) bond motifs is 2. The number of nitrogens with one attached hydrogen (secondary N) is 1. The molecule has 0 aromatic carbocycles. The molecule has 0 saturated heterocycles. The van der Waals surface area contributed by atoms with E-state index in [1.54, 1.807) is 0 Å². The fraction of sp³-hybridized carbons (Fsp3) is 0.938. The fourth-order valence-corrected chi connectivity index (χ4v) is 4.41. The molecule has 20 heavy (non-hydrogen) atoms. The molecule has 1 amide bonds. The topological polar surface area (TPSA) is 58.4 Å². The van der Waals surface area contributed by atoms with Crippen molar-refractivity contribution in [3.63, 3.8) is 0 Å². The van der Waals surface area contributed by atoms with Crippen molar-refractivity contribution >= 4 is 5.91 Å². The van der Waals surface area contributed by atoms with Crippen LogP contribution < -0.4 is 11.1 Å². The second-order valence-electron chi connectivity index (χ2n) is 7.37. The second-order valence-corrected chi connectivity index (χ2v) is 7.37. The molecule has 4 nitrogen and oxygen atoms in total. The highest BCUT2D eigenvalue weighted by Gasteiger charge is 2.41. The molecule has 0 radical (unpaired) electrons. The van der Waals surface area contributed by atoms with E-state index in [0.29, 0.717) is 29.8 Å². The standard InChI is InChI=1S/C16H31N3O/c1-10(2)15(19(3)4)16(20)18-14-11-6-5-7-12(14)9-13(17)8-11/h10-15H,5-9,17H2,1-4H3,(H,18,20). The van der Waals surface area contributed by atoms with E-state index in [2.05, 4.69) is 19.2 Å². The van der Waals surface area contributed by atoms with Gasteiger partial charge < -0.3 is 11.1 Å². The summed E-state index contributed by atoms with van der Waals surface area (Å²) in [6, 6.07) is 0.664. The molecule has 2 saturated carbocycles. The van der Waals surface area contributed by atoms with E-state index in [1.165, 1.54) is 19.3 Å². The molecule has 0 spiro atoms. The van der Waals surface area contributed by atoms with Crippen LogP contribution in [0, 0.1) is 17.8 Å². The number of carbonyl (C=O) groups is 1. The number of nitrogens with two attached hydrogens (primary N) is 1. The molecule has 2 aliphatic rings. The Bertz CT molecular complexity index is 321. The Hall–Kier alpha value is -0.610. The zero-order chi connectivity index (χ0) is 14.9. The molecule has 3 N–H and O–H groups in total. The van der Waals surface area contributed by atoms with Crippen LogP contribution in [-0.4, -0.2) is 43.0 Å². The van der Waals surface area contributed by atoms with E-state index < -0.39 is 0 Å². The normalized spacial score (nSPS) is 35.1. The quantitative estimate of drug-likeness (QED) is 0.823. The second kappa shape index (κ2) is 6.44. The molecule has 3 unspecified atom stereocenters. The Morgan fingerprint density at radius 2 is 1.75 bits per heavy atom. The molecule has 0 heterocycles. The molecule has 3 atom stereocenters. The van der Waals surface area contributed by atoms with Crippen LogP contribution in [0.3, 0.4) is 0 Å². The summed E-state index contributed by atoms with van der Waals surface area (Å²) in [7, 11) is 3.98. The summed E-state index contributed by atoms with van der Waals surface area (Å²) in [4.78, 5) is 14.7. The maximum Gasteiger partial charge on any atom is 0.237 e. The predicted molar refractivity (Wildman–Crippen MR) is 82.3 cm³/mol. The van der Waals surface area contributed by atoms with Gasteiger partial charge in [-0.15, -0.1) is 0 Å². The third kappa shape index (κ3) is 3.34. The summed E-state index contributed by atoms with van der Waals surface area (Å²) < 4.78 is 0. The molecular formula is C16H31N3O. The summed E-state index contributed by atoms with van der Waals surface area (Å²) in [5.74, 6) is 1.71. The van der Waals surface area contributed by atoms with Crippen LogP contribution in [0.25, 0.3) is 0 Å². The maximum absolute atomic E-state index is 12.6. The Morgan fingerprint density at radius 3 is 2.20 bits per heavy atom. The first-order chi connectivity index (χ1) is 9.40. The lowest BCUT2D eigenvalue weighted by Gasteiger charge is -2.46. The van der Waals surface area contributed by atoms with Crippen molar-refractivity contribution in [1.82, 2.24) is 10.2 Å². The first-order valence-electron chi connectivity index (χ1n) is 8.12. The van der Waals surface area contributed by atoms with E-state index in [9.17, 15) is 4.79 Å². The fourth-order valence-electron chi connectivity index (χ4n) is 4.41. The highest BCUT2D eigenvalue weighted by Crippen LogP contribution is 2.39. The van der Waals surface area contributed by atoms with Crippen LogP contribution in [0.1, 0.15) is 46.0 Å². The minimum Gasteiger partial charge on any atom is -0.351 e. The molecule has 0 aliphatic heterocycles. The lowest BCUT2D eigenvalue weighted by Crippen LogP contribution is -2.57. The molecule has 4 heteroatoms. The Morgan fingerprint density at radius 1 is 1.20 bits per heavy atom. The van der Waals surface area contributed by atoms with Gasteiger partial charge in [0, 0.05) is 12.1 Å². The van der Waals surface area contributed by atoms with Crippen molar-refractivity contribution in [3.8, 4) is 0 Å². The third-order valence-electron chi connectivity index (χ3n) is 5.14. The molecule has 0 aromatic heterocycles. The molecule has 2 rings (SSSR count). The number of likely N-dealkylation sites (N-methyl/N-ethyl adjacent to an activating group) is 1. The summed E-state index contributed by atoms with van der Waals surface area (Å²) in [6.45, 7) is 4.23. The van der Waals surface area contributed by atoms with Gasteiger partial charge in [-0.1, -0.05) is 20.3 Å². The van der Waals surface area contributed by atoms with Crippen molar-refractivity contribution in [1.29, 1.82) is 0 Å². The number of hydrogen-bond acceptors (Lipinski definition) is 3. The third-order valence-corrected chi connectivity index (χ3v) is 5.14. The van der Waals surface area contributed by atoms with Gasteiger partial charge in [-0.2, -0.15) is 0 Å². The van der Waals surface area contributed by atoms with Gasteiger partial charge in [0.25, 0.3) is 0 Å². The highest BCUT2D eigenvalue weighted by atomic mass is 16.2. The van der Waals surface area contributed by atoms with Crippen LogP contribution in [0.5, 0.6) is 0 Å². The van der Waals surface area contributed by atoms with Gasteiger partial charge in [-0.3, -0.25) is 9.69 Å². The van der Waals surface area contributed by atoms with E-state index in [1.807, 2.05) is 19.0 Å². The predicted octanol–water partition coefficient (Wildman–Crippen LogP) is 1.59. The SMILES string of the molecule is CC(C)C(C(=O)NC1C2CCCC1CC(N)C2)N(C)C. The van der Waals surface area contributed by atoms with Crippen molar-refractivity contribution in [2.75, 3.05) is 14.1 Å². The van der Waals surface area contributed by atoms with E-state index in [-0.39, 0.29) is 11.9 Å². The van der Waals surface area contributed by atoms with Gasteiger partial charge in [0.05, 0.1) is 6.04 Å². The lowest BCUT2D eigenvalue weighted by molar-refractivity contribution is -0.129. The highest BCUT2D eigenvalue weighted by molar-refractivity contribution is 5.82. The molecule has 116 valence electrons. The number of amides is 1. The summed E-state index contributed by atoms with van der Waals surface area (Å²) in [6.07, 6.45) is 5.91. The maximum atomic E-state index is 12.6. The monoisotopic (exact) mass is 281 g/mol. The molecule has 2 aliphatic carbocycles. The Labute approximate surface area is 123 Å². The van der Waals surface area contributed by atoms with Crippen LogP contribution in [0.2, 0.25) is 0 Å². The molecule has 0 aromatic rings. The number of nitrogens with zero attached hydrogens (tertiary/aromatic N) is 1. The molecular weight excluding hydrogens is 250 g/mol. The average molecular weight is 281 g/mol. The van der Waals surface area contributed by atoms with Crippen LogP contribution in [0.4, 0.5) is 0 Å². The lowest BCUT2D eigenvalue weighted by atomic mass is 9.67. The largest absolute Gasteiger partial charge is 0.351 e. The van der Waals surface area contributed by atoms with Gasteiger partial charge >= 0.3 is 0 Å². The van der Waals surface area contributed by atoms with Gasteiger partial charge in [0.1, 0.15) is 0 Å². The van der Waals surface area contributed by atoms with Crippen molar-refractivity contribution in [3.05, 3.63) is 0 Å². The number of carbonyl (C=O) groups excluding carboxylic acids is 1. The van der Waals surface area contributed by atoms with Gasteiger partial charge in [0.15, 0.2) is 0 Å². The van der Waals surface area contributed by atoms with Crippen molar-refractivity contribution < 1.29 is 4.79 Å². The van der Waals surface area contributed by atoms with Gasteiger partial charge in [-0.25, -0.2) is 0 Å². The minimum absolute atomic E-state index is 0.0358. The minimum atomic E-state index is -0.0358. The summed E-state index contributed by atoms with van der Waals surface area (Å²) >= 11 is 0. The van der Waals surface area contributed by atoms with Crippen LogP contribution >= 0.6 is 0 Å². The van der Waals surface area contributed by atoms with Crippen molar-refractivity contribution in [2.24, 2.45) is 23.5 Å². The number of hydrogen-bond donors (Lipinski definition) is 2. The zero-order valence-corrected chi connectivity index (χ0v) is 13.4. The first kappa shape index (κ1) is 15.8. The summed E-state index contributed by atoms with van der Waals surface area (Å²) in [5, 5.41) is 3.37. The zero-order valence-electron chi connectivity index (χ0n) is 13.4. The van der Waals surface area contributed by atoms with Crippen LogP contribution in [0.15, 0.2) is 0 Å². The van der Waals surface area contributed by atoms with E-state index in [0.717, 1.165) is 12.8 Å². The van der Waals surface area contributed by atoms with Gasteiger partial charge in [-0.05, 0) is 57.5 Å². The summed E-state index contributed by atoms with van der Waals surface area (Å²) in [5.41, 5.74) is 6.15. The number of rotatable bonds is 4. The first-order valence-corrected chi connectivity index (χ1v) is 8.12. The molecule has 2 fully saturated rings. The van der Waals surface area contributed by atoms with Crippen molar-refractivity contribution in [2.45, 2.75) is 64.1 Å². The van der Waals surface area contributed by atoms with Crippen LogP contribution in [-0.2, 0) is 4.79 Å². The Kier molecular flexibility index (Phi) is 5.08. The smallest absolute Gasteiger partial charge is 0.237 e. The van der Waals surface area contributed by atoms with E-state index in [4.69, 9.17) is 5.73 Å². The molecule has 2 bridgehead atoms. The Balaban J connectivity index is 2.03. The van der Waals surface area contributed by atoms with E-state index >= 15 is 0 Å². The van der Waals surface area contributed by atoms with Gasteiger partial charge in [0.2, 0.25) is 5.91 Å².